The Bertz CT molecular complexity index is 1300. The fourth-order valence-electron chi connectivity index (χ4n) is 6.16. The predicted molar refractivity (Wildman–Crippen MR) is 117 cm³/mol. The van der Waals surface area contributed by atoms with Gasteiger partial charge >= 0.3 is 0 Å². The zero-order valence-electron chi connectivity index (χ0n) is 18.1. The summed E-state index contributed by atoms with van der Waals surface area (Å²) in [6, 6.07) is 7.50. The third-order valence-electron chi connectivity index (χ3n) is 7.86. The maximum atomic E-state index is 13.8. The molecule has 0 saturated heterocycles. The Hall–Kier alpha value is -3.16. The van der Waals surface area contributed by atoms with E-state index < -0.39 is 23.1 Å². The SMILES string of the molecule is Cc1nc2ccc(F)cc2n1CC1CC2(C(=O)N3N=CCC3c3cc(F)cc(F)c3)CCC12. The average Bonchev–Trinajstić information content (AvgIpc) is 3.35. The van der Waals surface area contributed by atoms with Gasteiger partial charge in [0.1, 0.15) is 23.3 Å². The molecule has 6 rings (SSSR count). The first kappa shape index (κ1) is 20.4. The number of carbonyl (C=O) groups excluding carboxylic acids is 1. The van der Waals surface area contributed by atoms with Gasteiger partial charge < -0.3 is 4.57 Å². The highest BCUT2D eigenvalue weighted by molar-refractivity contribution is 5.87. The Morgan fingerprint density at radius 2 is 1.91 bits per heavy atom. The van der Waals surface area contributed by atoms with E-state index in [1.54, 1.807) is 12.3 Å². The van der Waals surface area contributed by atoms with E-state index in [-0.39, 0.29) is 17.6 Å². The average molecular weight is 452 g/mol. The van der Waals surface area contributed by atoms with Gasteiger partial charge in [-0.2, -0.15) is 5.10 Å². The lowest BCUT2D eigenvalue weighted by Gasteiger charge is -2.62. The molecular formula is C25H23F3N4O. The number of benzene rings is 2. The van der Waals surface area contributed by atoms with Gasteiger partial charge in [-0.15, -0.1) is 0 Å². The van der Waals surface area contributed by atoms with Crippen molar-refractivity contribution in [1.82, 2.24) is 14.6 Å². The van der Waals surface area contributed by atoms with Crippen molar-refractivity contribution in [2.45, 2.75) is 45.2 Å². The smallest absolute Gasteiger partial charge is 0.249 e. The van der Waals surface area contributed by atoms with E-state index in [4.69, 9.17) is 0 Å². The molecule has 2 fully saturated rings. The van der Waals surface area contributed by atoms with E-state index in [0.29, 0.717) is 24.4 Å². The van der Waals surface area contributed by atoms with Gasteiger partial charge in [0.05, 0.1) is 22.5 Å². The van der Waals surface area contributed by atoms with Gasteiger partial charge in [-0.1, -0.05) is 0 Å². The number of amides is 1. The topological polar surface area (TPSA) is 50.5 Å². The summed E-state index contributed by atoms with van der Waals surface area (Å²) in [7, 11) is 0. The molecule has 0 spiro atoms. The largest absolute Gasteiger partial charge is 0.328 e. The molecule has 1 amide bonds. The molecule has 33 heavy (non-hydrogen) atoms. The van der Waals surface area contributed by atoms with Crippen LogP contribution >= 0.6 is 0 Å². The number of hydrogen-bond donors (Lipinski definition) is 0. The summed E-state index contributed by atoms with van der Waals surface area (Å²) in [6.07, 6.45) is 4.54. The van der Waals surface area contributed by atoms with Crippen molar-refractivity contribution in [3.63, 3.8) is 0 Å². The summed E-state index contributed by atoms with van der Waals surface area (Å²) in [5, 5.41) is 5.73. The lowest BCUT2D eigenvalue weighted by molar-refractivity contribution is -0.187. The molecule has 2 saturated carbocycles. The third-order valence-corrected chi connectivity index (χ3v) is 7.86. The van der Waals surface area contributed by atoms with Crippen LogP contribution < -0.4 is 0 Å². The van der Waals surface area contributed by atoms with Crippen LogP contribution in [0.15, 0.2) is 41.5 Å². The molecule has 3 aliphatic rings. The summed E-state index contributed by atoms with van der Waals surface area (Å²) in [5.74, 6) is -0.334. The number of nitrogens with zero attached hydrogens (tertiary/aromatic N) is 4. The molecule has 3 aromatic rings. The van der Waals surface area contributed by atoms with E-state index in [0.717, 1.165) is 42.2 Å². The van der Waals surface area contributed by atoms with Gasteiger partial charge in [0.2, 0.25) is 5.91 Å². The molecule has 8 heteroatoms. The lowest BCUT2D eigenvalue weighted by Crippen LogP contribution is -2.63. The highest BCUT2D eigenvalue weighted by Gasteiger charge is 2.65. The molecule has 2 heterocycles. The summed E-state index contributed by atoms with van der Waals surface area (Å²) in [5.41, 5.74) is 1.49. The number of halogens is 3. The molecule has 4 atom stereocenters. The van der Waals surface area contributed by atoms with Crippen molar-refractivity contribution in [2.24, 2.45) is 22.4 Å². The zero-order valence-corrected chi connectivity index (χ0v) is 18.1. The van der Waals surface area contributed by atoms with Crippen molar-refractivity contribution in [3.05, 3.63) is 65.2 Å². The number of aryl methyl sites for hydroxylation is 1. The molecule has 170 valence electrons. The van der Waals surface area contributed by atoms with Gasteiger partial charge in [0.25, 0.3) is 0 Å². The quantitative estimate of drug-likeness (QED) is 0.551. The molecule has 2 aliphatic carbocycles. The Morgan fingerprint density at radius 3 is 2.61 bits per heavy atom. The maximum absolute atomic E-state index is 13.8. The summed E-state index contributed by atoms with van der Waals surface area (Å²) in [6.45, 7) is 2.60. The van der Waals surface area contributed by atoms with Crippen LogP contribution in [-0.4, -0.2) is 26.7 Å². The van der Waals surface area contributed by atoms with Crippen molar-refractivity contribution in [1.29, 1.82) is 0 Å². The number of hydrogen-bond acceptors (Lipinski definition) is 3. The van der Waals surface area contributed by atoms with Crippen molar-refractivity contribution < 1.29 is 18.0 Å². The third kappa shape index (κ3) is 3.03. The molecule has 0 radical (unpaired) electrons. The first-order valence-electron chi connectivity index (χ1n) is 11.3. The molecule has 1 aliphatic heterocycles. The molecule has 5 nitrogen and oxygen atoms in total. The number of imidazole rings is 1. The Morgan fingerprint density at radius 1 is 1.12 bits per heavy atom. The van der Waals surface area contributed by atoms with Crippen LogP contribution in [0.25, 0.3) is 11.0 Å². The highest BCUT2D eigenvalue weighted by atomic mass is 19.1. The first-order chi connectivity index (χ1) is 15.9. The number of aromatic nitrogens is 2. The van der Waals surface area contributed by atoms with Crippen LogP contribution in [-0.2, 0) is 11.3 Å². The van der Waals surface area contributed by atoms with Crippen LogP contribution in [0.1, 0.15) is 43.1 Å². The summed E-state index contributed by atoms with van der Waals surface area (Å²) >= 11 is 0. The highest BCUT2D eigenvalue weighted by Crippen LogP contribution is 2.66. The Labute approximate surface area is 188 Å². The van der Waals surface area contributed by atoms with Crippen molar-refractivity contribution >= 4 is 23.2 Å². The zero-order chi connectivity index (χ0) is 22.9. The van der Waals surface area contributed by atoms with Gasteiger partial charge in [-0.3, -0.25) is 4.79 Å². The van der Waals surface area contributed by atoms with Crippen LogP contribution in [0.4, 0.5) is 13.2 Å². The van der Waals surface area contributed by atoms with E-state index in [9.17, 15) is 18.0 Å². The van der Waals surface area contributed by atoms with Gasteiger partial charge in [0, 0.05) is 25.2 Å². The number of carbonyl (C=O) groups is 1. The van der Waals surface area contributed by atoms with E-state index in [1.807, 2.05) is 11.5 Å². The lowest BCUT2D eigenvalue weighted by atomic mass is 9.42. The minimum atomic E-state index is -0.660. The second kappa shape index (κ2) is 7.17. The maximum Gasteiger partial charge on any atom is 0.249 e. The normalized spacial score (nSPS) is 28.0. The fraction of sp³-hybridized carbons (Fsp3) is 0.400. The van der Waals surface area contributed by atoms with Gasteiger partial charge in [-0.25, -0.2) is 23.2 Å². The minimum Gasteiger partial charge on any atom is -0.328 e. The number of fused-ring (bicyclic) bond motifs is 2. The van der Waals surface area contributed by atoms with E-state index in [1.165, 1.54) is 29.3 Å². The van der Waals surface area contributed by atoms with E-state index in [2.05, 4.69) is 10.1 Å². The second-order valence-electron chi connectivity index (χ2n) is 9.57. The number of hydrazone groups is 1. The summed E-state index contributed by atoms with van der Waals surface area (Å²) < 4.78 is 43.4. The van der Waals surface area contributed by atoms with Crippen molar-refractivity contribution in [2.75, 3.05) is 0 Å². The van der Waals surface area contributed by atoms with Crippen molar-refractivity contribution in [3.8, 4) is 0 Å². The van der Waals surface area contributed by atoms with Gasteiger partial charge in [-0.05, 0) is 73.9 Å². The van der Waals surface area contributed by atoms with Gasteiger partial charge in [0.15, 0.2) is 0 Å². The van der Waals surface area contributed by atoms with Crippen LogP contribution in [0, 0.1) is 41.6 Å². The van der Waals surface area contributed by atoms with Crippen LogP contribution in [0.2, 0.25) is 0 Å². The van der Waals surface area contributed by atoms with E-state index >= 15 is 0 Å². The number of rotatable bonds is 4. The monoisotopic (exact) mass is 452 g/mol. The van der Waals surface area contributed by atoms with Crippen LogP contribution in [0.5, 0.6) is 0 Å². The molecule has 0 bridgehead atoms. The Balaban J connectivity index is 1.22. The molecular weight excluding hydrogens is 429 g/mol. The minimum absolute atomic E-state index is 0.0586. The molecule has 1 aromatic heterocycles. The molecule has 4 unspecified atom stereocenters. The van der Waals surface area contributed by atoms with Crippen LogP contribution in [0.3, 0.4) is 0 Å². The first-order valence-corrected chi connectivity index (χ1v) is 11.3. The predicted octanol–water partition coefficient (Wildman–Crippen LogP) is 5.14. The summed E-state index contributed by atoms with van der Waals surface area (Å²) in [4.78, 5) is 18.1. The standard InChI is InChI=1S/C25H23F3N4O/c1-14-30-21-3-2-17(26)11-23(21)31(14)13-16-12-25(6-4-20(16)25)24(33)32-22(5-7-29-32)15-8-18(27)10-19(28)9-15/h2-3,7-11,16,20,22H,4-6,12-13H2,1H3. The second-order valence-corrected chi connectivity index (χ2v) is 9.57. The molecule has 0 N–H and O–H groups in total. The Kier molecular flexibility index (Phi) is 4.44. The molecule has 2 aromatic carbocycles. The fourth-order valence-corrected chi connectivity index (χ4v) is 6.16.